The average Bonchev–Trinajstić information content (AvgIpc) is 3.05. The molecule has 3 rings (SSSR count). The highest BCUT2D eigenvalue weighted by Crippen LogP contribution is 2.34. The largest absolute Gasteiger partial charge is 0.326 e. The maximum absolute atomic E-state index is 12.7. The molecule has 1 N–H and O–H groups in total. The summed E-state index contributed by atoms with van der Waals surface area (Å²) in [5.74, 6) is -0.132. The number of hydrogen-bond acceptors (Lipinski definition) is 2. The van der Waals surface area contributed by atoms with Gasteiger partial charge in [-0.25, -0.2) is 0 Å². The van der Waals surface area contributed by atoms with Gasteiger partial charge in [-0.15, -0.1) is 0 Å². The van der Waals surface area contributed by atoms with Crippen LogP contribution in [0.4, 0.5) is 11.4 Å². The molecule has 2 amide bonds. The minimum atomic E-state index is -0.363. The molecular weight excluding hydrogens is 360 g/mol. The van der Waals surface area contributed by atoms with Crippen LogP contribution in [-0.2, 0) is 9.59 Å². The van der Waals surface area contributed by atoms with Crippen molar-refractivity contribution in [2.45, 2.75) is 39.5 Å². The van der Waals surface area contributed by atoms with Crippen LogP contribution in [0.5, 0.6) is 0 Å². The standard InChI is InChI=1S/C22H25ClN2O2/c1-4-14(2)18-7-5-6-8-20(18)25-13-16(12-21(25)26)22(27)24-19-10-9-17(23)11-15(19)3/h5-11,14,16H,4,12-13H2,1-3H3,(H,24,27)/t14-,16+/m0/s1. The van der Waals surface area contributed by atoms with E-state index >= 15 is 0 Å². The predicted octanol–water partition coefficient (Wildman–Crippen LogP) is 5.15. The Morgan fingerprint density at radius 3 is 2.74 bits per heavy atom. The van der Waals surface area contributed by atoms with Gasteiger partial charge in [0, 0.05) is 29.4 Å². The van der Waals surface area contributed by atoms with Gasteiger partial charge >= 0.3 is 0 Å². The van der Waals surface area contributed by atoms with Crippen molar-refractivity contribution in [2.75, 3.05) is 16.8 Å². The Morgan fingerprint density at radius 1 is 1.30 bits per heavy atom. The molecule has 0 unspecified atom stereocenters. The van der Waals surface area contributed by atoms with Crippen LogP contribution in [0.25, 0.3) is 0 Å². The van der Waals surface area contributed by atoms with E-state index in [0.29, 0.717) is 17.5 Å². The van der Waals surface area contributed by atoms with E-state index < -0.39 is 0 Å². The predicted molar refractivity (Wildman–Crippen MR) is 110 cm³/mol. The fourth-order valence-electron chi connectivity index (χ4n) is 3.49. The van der Waals surface area contributed by atoms with E-state index in [1.807, 2.05) is 31.2 Å². The molecule has 1 aliphatic heterocycles. The second-order valence-electron chi connectivity index (χ2n) is 7.22. The first-order chi connectivity index (χ1) is 12.9. The van der Waals surface area contributed by atoms with Crippen molar-refractivity contribution in [3.05, 3.63) is 58.6 Å². The molecular formula is C22H25ClN2O2. The summed E-state index contributed by atoms with van der Waals surface area (Å²) in [7, 11) is 0. The number of carbonyl (C=O) groups excluding carboxylic acids is 2. The molecule has 2 atom stereocenters. The van der Waals surface area contributed by atoms with Gasteiger partial charge < -0.3 is 10.2 Å². The van der Waals surface area contributed by atoms with Gasteiger partial charge in [-0.1, -0.05) is 43.6 Å². The zero-order valence-electron chi connectivity index (χ0n) is 16.0. The van der Waals surface area contributed by atoms with Crippen LogP contribution in [0, 0.1) is 12.8 Å². The number of amides is 2. The smallest absolute Gasteiger partial charge is 0.229 e. The number of halogens is 1. The second kappa shape index (κ2) is 8.13. The molecule has 5 heteroatoms. The van der Waals surface area contributed by atoms with Gasteiger partial charge in [0.1, 0.15) is 0 Å². The molecule has 0 aliphatic carbocycles. The van der Waals surface area contributed by atoms with Crippen LogP contribution in [-0.4, -0.2) is 18.4 Å². The topological polar surface area (TPSA) is 49.4 Å². The number of carbonyl (C=O) groups is 2. The number of benzene rings is 2. The summed E-state index contributed by atoms with van der Waals surface area (Å²) in [6.45, 7) is 6.60. The van der Waals surface area contributed by atoms with Crippen LogP contribution in [0.1, 0.15) is 43.7 Å². The summed E-state index contributed by atoms with van der Waals surface area (Å²) in [5, 5.41) is 3.58. The lowest BCUT2D eigenvalue weighted by Crippen LogP contribution is -2.29. The lowest BCUT2D eigenvalue weighted by atomic mass is 9.96. The second-order valence-corrected chi connectivity index (χ2v) is 7.66. The molecule has 4 nitrogen and oxygen atoms in total. The number of aryl methyl sites for hydroxylation is 1. The minimum absolute atomic E-state index is 0.00117. The molecule has 142 valence electrons. The highest BCUT2D eigenvalue weighted by Gasteiger charge is 2.36. The third-order valence-electron chi connectivity index (χ3n) is 5.31. The van der Waals surface area contributed by atoms with E-state index in [4.69, 9.17) is 11.6 Å². The van der Waals surface area contributed by atoms with Crippen LogP contribution < -0.4 is 10.2 Å². The lowest BCUT2D eigenvalue weighted by Gasteiger charge is -2.23. The van der Waals surface area contributed by atoms with E-state index in [2.05, 4.69) is 25.2 Å². The first-order valence-corrected chi connectivity index (χ1v) is 9.74. The van der Waals surface area contributed by atoms with Gasteiger partial charge in [0.25, 0.3) is 0 Å². The molecule has 0 spiro atoms. The summed E-state index contributed by atoms with van der Waals surface area (Å²) in [6.07, 6.45) is 1.23. The molecule has 2 aromatic carbocycles. The molecule has 1 saturated heterocycles. The molecule has 2 aromatic rings. The first-order valence-electron chi connectivity index (χ1n) is 9.37. The zero-order chi connectivity index (χ0) is 19.6. The average molecular weight is 385 g/mol. The van der Waals surface area contributed by atoms with Gasteiger partial charge in [-0.2, -0.15) is 0 Å². The van der Waals surface area contributed by atoms with Crippen LogP contribution in [0.2, 0.25) is 5.02 Å². The maximum Gasteiger partial charge on any atom is 0.229 e. The SMILES string of the molecule is CC[C@H](C)c1ccccc1N1C[C@H](C(=O)Nc2ccc(Cl)cc2C)CC1=O. The highest BCUT2D eigenvalue weighted by atomic mass is 35.5. The van der Waals surface area contributed by atoms with E-state index in [1.165, 1.54) is 0 Å². The molecule has 0 radical (unpaired) electrons. The monoisotopic (exact) mass is 384 g/mol. The Balaban J connectivity index is 1.77. The summed E-state index contributed by atoms with van der Waals surface area (Å²) in [4.78, 5) is 27.1. The van der Waals surface area contributed by atoms with Crippen molar-refractivity contribution in [1.82, 2.24) is 0 Å². The summed E-state index contributed by atoms with van der Waals surface area (Å²) >= 11 is 5.97. The maximum atomic E-state index is 12.7. The number of rotatable bonds is 5. The Morgan fingerprint density at radius 2 is 2.04 bits per heavy atom. The molecule has 1 heterocycles. The zero-order valence-corrected chi connectivity index (χ0v) is 16.7. The third kappa shape index (κ3) is 4.16. The fourth-order valence-corrected chi connectivity index (χ4v) is 3.71. The number of nitrogens with zero attached hydrogens (tertiary/aromatic N) is 1. The van der Waals surface area contributed by atoms with Crippen molar-refractivity contribution in [3.8, 4) is 0 Å². The molecule has 0 aromatic heterocycles. The van der Waals surface area contributed by atoms with Crippen molar-refractivity contribution < 1.29 is 9.59 Å². The number of para-hydroxylation sites is 1. The highest BCUT2D eigenvalue weighted by molar-refractivity contribution is 6.30. The van der Waals surface area contributed by atoms with Crippen molar-refractivity contribution in [2.24, 2.45) is 5.92 Å². The number of hydrogen-bond donors (Lipinski definition) is 1. The number of anilines is 2. The van der Waals surface area contributed by atoms with Gasteiger partial charge in [0.2, 0.25) is 11.8 Å². The quantitative estimate of drug-likeness (QED) is 0.774. The Labute approximate surface area is 165 Å². The summed E-state index contributed by atoms with van der Waals surface area (Å²) in [6, 6.07) is 13.3. The van der Waals surface area contributed by atoms with Crippen molar-refractivity contribution in [1.29, 1.82) is 0 Å². The first kappa shape index (κ1) is 19.4. The van der Waals surface area contributed by atoms with Crippen molar-refractivity contribution >= 4 is 34.8 Å². The normalized spacial score (nSPS) is 17.9. The van der Waals surface area contributed by atoms with E-state index in [1.54, 1.807) is 17.0 Å². The number of nitrogens with one attached hydrogen (secondary N) is 1. The van der Waals surface area contributed by atoms with E-state index in [-0.39, 0.29) is 24.2 Å². The summed E-state index contributed by atoms with van der Waals surface area (Å²) < 4.78 is 0. The lowest BCUT2D eigenvalue weighted by molar-refractivity contribution is -0.122. The van der Waals surface area contributed by atoms with Crippen LogP contribution in [0.3, 0.4) is 0 Å². The molecule has 0 saturated carbocycles. The van der Waals surface area contributed by atoms with Gasteiger partial charge in [-0.3, -0.25) is 9.59 Å². The van der Waals surface area contributed by atoms with Crippen molar-refractivity contribution in [3.63, 3.8) is 0 Å². The van der Waals surface area contributed by atoms with Gasteiger partial charge in [0.15, 0.2) is 0 Å². The molecule has 1 fully saturated rings. The fraction of sp³-hybridized carbons (Fsp3) is 0.364. The third-order valence-corrected chi connectivity index (χ3v) is 5.55. The molecule has 27 heavy (non-hydrogen) atoms. The Hall–Kier alpha value is -2.33. The van der Waals surface area contributed by atoms with Crippen LogP contribution in [0.15, 0.2) is 42.5 Å². The van der Waals surface area contributed by atoms with Gasteiger partial charge in [0.05, 0.1) is 5.92 Å². The Bertz CT molecular complexity index is 865. The molecule has 0 bridgehead atoms. The van der Waals surface area contributed by atoms with E-state index in [0.717, 1.165) is 28.9 Å². The molecule has 1 aliphatic rings. The van der Waals surface area contributed by atoms with Crippen LogP contribution >= 0.6 is 11.6 Å². The minimum Gasteiger partial charge on any atom is -0.326 e. The Kier molecular flexibility index (Phi) is 5.85. The summed E-state index contributed by atoms with van der Waals surface area (Å²) in [5.41, 5.74) is 3.72. The van der Waals surface area contributed by atoms with Gasteiger partial charge in [-0.05, 0) is 54.7 Å². The van der Waals surface area contributed by atoms with E-state index in [9.17, 15) is 9.59 Å².